The highest BCUT2D eigenvalue weighted by Gasteiger charge is 2.27. The maximum atomic E-state index is 12.7. The molecule has 1 saturated heterocycles. The van der Waals surface area contributed by atoms with Gasteiger partial charge in [-0.3, -0.25) is 4.79 Å². The van der Waals surface area contributed by atoms with Gasteiger partial charge in [0.1, 0.15) is 5.75 Å². The SMILES string of the molecule is CCOc1ccc2nc(N3CCCC(C(=O)NCc4cccs4)C3)nc(C)c2c1. The van der Waals surface area contributed by atoms with E-state index in [-0.39, 0.29) is 11.8 Å². The molecule has 7 heteroatoms. The number of carbonyl (C=O) groups is 1. The molecule has 0 spiro atoms. The van der Waals surface area contributed by atoms with Crippen molar-refractivity contribution in [2.24, 2.45) is 5.92 Å². The lowest BCUT2D eigenvalue weighted by molar-refractivity contribution is -0.125. The van der Waals surface area contributed by atoms with Crippen LogP contribution >= 0.6 is 11.3 Å². The first-order valence-electron chi connectivity index (χ1n) is 10.1. The Balaban J connectivity index is 1.48. The molecule has 1 N–H and O–H groups in total. The normalized spacial score (nSPS) is 16.8. The first-order chi connectivity index (χ1) is 14.1. The number of fused-ring (bicyclic) bond motifs is 1. The molecule has 1 unspecified atom stereocenters. The average Bonchev–Trinajstić information content (AvgIpc) is 3.26. The highest BCUT2D eigenvalue weighted by atomic mass is 32.1. The Morgan fingerprint density at radius 1 is 1.34 bits per heavy atom. The van der Waals surface area contributed by atoms with Crippen molar-refractivity contribution in [3.05, 3.63) is 46.3 Å². The highest BCUT2D eigenvalue weighted by molar-refractivity contribution is 7.09. The van der Waals surface area contributed by atoms with Gasteiger partial charge in [-0.05, 0) is 56.3 Å². The van der Waals surface area contributed by atoms with Crippen molar-refractivity contribution in [2.75, 3.05) is 24.6 Å². The number of aromatic nitrogens is 2. The largest absolute Gasteiger partial charge is 0.494 e. The highest BCUT2D eigenvalue weighted by Crippen LogP contribution is 2.26. The molecule has 0 bridgehead atoms. The number of nitrogens with one attached hydrogen (secondary N) is 1. The topological polar surface area (TPSA) is 67.3 Å². The van der Waals surface area contributed by atoms with Crippen molar-refractivity contribution in [3.8, 4) is 5.75 Å². The van der Waals surface area contributed by atoms with Crippen LogP contribution in [-0.2, 0) is 11.3 Å². The number of piperidine rings is 1. The number of hydrogen-bond acceptors (Lipinski definition) is 6. The molecule has 1 fully saturated rings. The molecule has 3 aromatic rings. The molecule has 1 amide bonds. The Morgan fingerprint density at radius 3 is 3.03 bits per heavy atom. The van der Waals surface area contributed by atoms with Crippen molar-refractivity contribution in [3.63, 3.8) is 0 Å². The summed E-state index contributed by atoms with van der Waals surface area (Å²) in [6.07, 6.45) is 1.86. The summed E-state index contributed by atoms with van der Waals surface area (Å²) in [5.41, 5.74) is 1.83. The van der Waals surface area contributed by atoms with E-state index in [9.17, 15) is 4.79 Å². The number of hydrogen-bond donors (Lipinski definition) is 1. The summed E-state index contributed by atoms with van der Waals surface area (Å²) in [7, 11) is 0. The maximum Gasteiger partial charge on any atom is 0.226 e. The number of aryl methyl sites for hydroxylation is 1. The molecule has 1 aliphatic heterocycles. The van der Waals surface area contributed by atoms with Gasteiger partial charge in [0.15, 0.2) is 0 Å². The molecular formula is C22H26N4O2S. The van der Waals surface area contributed by atoms with Crippen LogP contribution in [0.15, 0.2) is 35.7 Å². The van der Waals surface area contributed by atoms with Gasteiger partial charge in [0.2, 0.25) is 11.9 Å². The van der Waals surface area contributed by atoms with Crippen LogP contribution in [0.4, 0.5) is 5.95 Å². The van der Waals surface area contributed by atoms with Crippen molar-refractivity contribution in [1.29, 1.82) is 0 Å². The summed E-state index contributed by atoms with van der Waals surface area (Å²) >= 11 is 1.66. The summed E-state index contributed by atoms with van der Waals surface area (Å²) in [4.78, 5) is 25.5. The molecule has 0 radical (unpaired) electrons. The minimum atomic E-state index is -0.0383. The lowest BCUT2D eigenvalue weighted by Gasteiger charge is -2.32. The van der Waals surface area contributed by atoms with Gasteiger partial charge in [0, 0.05) is 23.4 Å². The molecule has 3 heterocycles. The molecule has 0 saturated carbocycles. The average molecular weight is 411 g/mol. The molecule has 0 aliphatic carbocycles. The fourth-order valence-electron chi connectivity index (χ4n) is 3.75. The second-order valence-electron chi connectivity index (χ2n) is 7.30. The second kappa shape index (κ2) is 8.78. The molecule has 4 rings (SSSR count). The number of nitrogens with zero attached hydrogens (tertiary/aromatic N) is 3. The number of thiophene rings is 1. The number of rotatable bonds is 6. The molecule has 29 heavy (non-hydrogen) atoms. The van der Waals surface area contributed by atoms with E-state index < -0.39 is 0 Å². The van der Waals surface area contributed by atoms with Gasteiger partial charge in [0.05, 0.1) is 30.3 Å². The van der Waals surface area contributed by atoms with Crippen LogP contribution in [-0.4, -0.2) is 35.6 Å². The fraction of sp³-hybridized carbons (Fsp3) is 0.409. The minimum absolute atomic E-state index is 0.0383. The van der Waals surface area contributed by atoms with E-state index in [0.29, 0.717) is 25.6 Å². The molecule has 1 aliphatic rings. The number of ether oxygens (including phenoxy) is 1. The number of carbonyl (C=O) groups excluding carboxylic acids is 1. The van der Waals surface area contributed by atoms with E-state index in [1.54, 1.807) is 11.3 Å². The first-order valence-corrected chi connectivity index (χ1v) is 11.0. The Morgan fingerprint density at radius 2 is 2.24 bits per heavy atom. The first kappa shape index (κ1) is 19.6. The zero-order valence-corrected chi connectivity index (χ0v) is 17.7. The maximum absolute atomic E-state index is 12.7. The third kappa shape index (κ3) is 4.50. The Kier molecular flexibility index (Phi) is 5.94. The van der Waals surface area contributed by atoms with Crippen molar-refractivity contribution in [2.45, 2.75) is 33.2 Å². The van der Waals surface area contributed by atoms with Gasteiger partial charge >= 0.3 is 0 Å². The molecule has 1 aromatic carbocycles. The quantitative estimate of drug-likeness (QED) is 0.667. The summed E-state index contributed by atoms with van der Waals surface area (Å²) < 4.78 is 5.60. The van der Waals surface area contributed by atoms with Gasteiger partial charge in [-0.15, -0.1) is 11.3 Å². The van der Waals surface area contributed by atoms with E-state index in [4.69, 9.17) is 14.7 Å². The molecular weight excluding hydrogens is 384 g/mol. The smallest absolute Gasteiger partial charge is 0.226 e. The molecule has 1 atom stereocenters. The minimum Gasteiger partial charge on any atom is -0.494 e. The van der Waals surface area contributed by atoms with Gasteiger partial charge in [-0.1, -0.05) is 6.07 Å². The summed E-state index contributed by atoms with van der Waals surface area (Å²) in [6.45, 7) is 6.72. The van der Waals surface area contributed by atoms with Crippen LogP contribution in [0.3, 0.4) is 0 Å². The zero-order valence-electron chi connectivity index (χ0n) is 16.9. The lowest BCUT2D eigenvalue weighted by atomic mass is 9.97. The van der Waals surface area contributed by atoms with Crippen LogP contribution in [0.5, 0.6) is 5.75 Å². The van der Waals surface area contributed by atoms with E-state index in [2.05, 4.69) is 10.2 Å². The van der Waals surface area contributed by atoms with Crippen LogP contribution in [0.25, 0.3) is 10.9 Å². The van der Waals surface area contributed by atoms with Gasteiger partial charge in [-0.2, -0.15) is 0 Å². The third-order valence-corrected chi connectivity index (χ3v) is 6.13. The van der Waals surface area contributed by atoms with E-state index >= 15 is 0 Å². The summed E-state index contributed by atoms with van der Waals surface area (Å²) in [5.74, 6) is 1.61. The Bertz CT molecular complexity index is 990. The summed E-state index contributed by atoms with van der Waals surface area (Å²) in [6, 6.07) is 9.97. The van der Waals surface area contributed by atoms with E-state index in [0.717, 1.165) is 41.7 Å². The third-order valence-electron chi connectivity index (χ3n) is 5.25. The number of anilines is 1. The van der Waals surface area contributed by atoms with Crippen LogP contribution in [0.1, 0.15) is 30.3 Å². The van der Waals surface area contributed by atoms with E-state index in [1.807, 2.05) is 49.6 Å². The number of benzene rings is 1. The zero-order chi connectivity index (χ0) is 20.2. The fourth-order valence-corrected chi connectivity index (χ4v) is 4.39. The predicted molar refractivity (Wildman–Crippen MR) is 117 cm³/mol. The molecule has 6 nitrogen and oxygen atoms in total. The van der Waals surface area contributed by atoms with Crippen molar-refractivity contribution in [1.82, 2.24) is 15.3 Å². The van der Waals surface area contributed by atoms with Crippen molar-refractivity contribution >= 4 is 34.1 Å². The Labute approximate surface area is 174 Å². The van der Waals surface area contributed by atoms with E-state index in [1.165, 1.54) is 4.88 Å². The Hall–Kier alpha value is -2.67. The standard InChI is InChI=1S/C22H26N4O2S/c1-3-28-17-8-9-20-19(12-17)15(2)24-22(25-20)26-10-4-6-16(14-26)21(27)23-13-18-7-5-11-29-18/h5,7-9,11-12,16H,3-4,6,10,13-14H2,1-2H3,(H,23,27). The predicted octanol–water partition coefficient (Wildman–Crippen LogP) is 3.93. The van der Waals surface area contributed by atoms with Crippen LogP contribution < -0.4 is 15.0 Å². The van der Waals surface area contributed by atoms with Gasteiger partial charge in [-0.25, -0.2) is 9.97 Å². The lowest BCUT2D eigenvalue weighted by Crippen LogP contribution is -2.43. The van der Waals surface area contributed by atoms with Crippen LogP contribution in [0.2, 0.25) is 0 Å². The monoisotopic (exact) mass is 410 g/mol. The number of amides is 1. The second-order valence-corrected chi connectivity index (χ2v) is 8.34. The molecule has 2 aromatic heterocycles. The van der Waals surface area contributed by atoms with Gasteiger partial charge in [0.25, 0.3) is 0 Å². The van der Waals surface area contributed by atoms with Crippen LogP contribution in [0, 0.1) is 12.8 Å². The van der Waals surface area contributed by atoms with Crippen molar-refractivity contribution < 1.29 is 9.53 Å². The summed E-state index contributed by atoms with van der Waals surface area (Å²) in [5, 5.41) is 6.11. The molecule has 152 valence electrons. The van der Waals surface area contributed by atoms with Gasteiger partial charge < -0.3 is 15.0 Å².